The number of nitrogens with zero attached hydrogens (tertiary/aromatic N) is 2. The SMILES string of the molecule is CCCCCCCCCCCCCCCCCCC[n+]1ccn(CCCC)c1CCCCCCCCCCCCCCC. The Hall–Kier alpha value is -0.790. The van der Waals surface area contributed by atoms with Gasteiger partial charge in [-0.1, -0.05) is 201 Å². The van der Waals surface area contributed by atoms with Crippen molar-refractivity contribution in [2.24, 2.45) is 0 Å². The lowest BCUT2D eigenvalue weighted by Crippen LogP contribution is -2.37. The van der Waals surface area contributed by atoms with Crippen LogP contribution in [0.25, 0.3) is 0 Å². The summed E-state index contributed by atoms with van der Waals surface area (Å²) in [7, 11) is 0. The second-order valence-electron chi connectivity index (χ2n) is 14.1. The van der Waals surface area contributed by atoms with Crippen molar-refractivity contribution in [3.05, 3.63) is 18.2 Å². The monoisotopic (exact) mass is 602 g/mol. The lowest BCUT2D eigenvalue weighted by Gasteiger charge is -2.07. The number of aryl methyl sites for hydroxylation is 2. The van der Waals surface area contributed by atoms with Crippen molar-refractivity contribution in [1.29, 1.82) is 0 Å². The van der Waals surface area contributed by atoms with Crippen molar-refractivity contribution < 1.29 is 4.57 Å². The molecule has 0 radical (unpaired) electrons. The highest BCUT2D eigenvalue weighted by Gasteiger charge is 2.16. The molecule has 2 nitrogen and oxygen atoms in total. The van der Waals surface area contributed by atoms with E-state index in [1.54, 1.807) is 5.82 Å². The first-order chi connectivity index (χ1) is 21.3. The van der Waals surface area contributed by atoms with E-state index in [1.165, 1.54) is 225 Å². The van der Waals surface area contributed by atoms with Crippen LogP contribution in [0, 0.1) is 0 Å². The van der Waals surface area contributed by atoms with Crippen LogP contribution in [0.2, 0.25) is 0 Å². The Morgan fingerprint density at radius 1 is 0.395 bits per heavy atom. The van der Waals surface area contributed by atoms with Crippen molar-refractivity contribution in [1.82, 2.24) is 4.57 Å². The zero-order valence-corrected chi connectivity index (χ0v) is 30.3. The summed E-state index contributed by atoms with van der Waals surface area (Å²) in [5, 5.41) is 0. The zero-order valence-electron chi connectivity index (χ0n) is 30.3. The van der Waals surface area contributed by atoms with E-state index in [-0.39, 0.29) is 0 Å². The fourth-order valence-electron chi connectivity index (χ4n) is 6.83. The van der Waals surface area contributed by atoms with Gasteiger partial charge >= 0.3 is 0 Å². The average molecular weight is 602 g/mol. The Morgan fingerprint density at radius 2 is 0.721 bits per heavy atom. The Morgan fingerprint density at radius 3 is 1.09 bits per heavy atom. The number of unbranched alkanes of at least 4 members (excludes halogenated alkanes) is 29. The Bertz CT molecular complexity index is 663. The van der Waals surface area contributed by atoms with Crippen LogP contribution >= 0.6 is 0 Å². The van der Waals surface area contributed by atoms with Gasteiger partial charge in [0, 0.05) is 6.42 Å². The maximum Gasteiger partial charge on any atom is 0.256 e. The second kappa shape index (κ2) is 32.6. The van der Waals surface area contributed by atoms with Crippen molar-refractivity contribution >= 4 is 0 Å². The van der Waals surface area contributed by atoms with Gasteiger partial charge in [0.05, 0.1) is 13.1 Å². The van der Waals surface area contributed by atoms with Crippen molar-refractivity contribution in [3.63, 3.8) is 0 Å². The molecule has 0 atom stereocenters. The Kier molecular flexibility index (Phi) is 30.5. The molecule has 1 heterocycles. The van der Waals surface area contributed by atoms with Crippen LogP contribution in [0.1, 0.15) is 232 Å². The van der Waals surface area contributed by atoms with Gasteiger partial charge in [-0.3, -0.25) is 0 Å². The molecule has 0 aliphatic carbocycles. The summed E-state index contributed by atoms with van der Waals surface area (Å²) in [6, 6.07) is 0. The van der Waals surface area contributed by atoms with Gasteiger partial charge in [-0.2, -0.15) is 0 Å². The predicted octanol–water partition coefficient (Wildman–Crippen LogP) is 13.9. The van der Waals surface area contributed by atoms with Crippen LogP contribution in [0.15, 0.2) is 12.4 Å². The van der Waals surface area contributed by atoms with Crippen LogP contribution in [0.4, 0.5) is 0 Å². The number of aromatic nitrogens is 2. The number of hydrogen-bond donors (Lipinski definition) is 0. The molecule has 0 aliphatic rings. The molecule has 0 fully saturated rings. The summed E-state index contributed by atoms with van der Waals surface area (Å²) in [5.74, 6) is 1.60. The topological polar surface area (TPSA) is 8.81 Å². The number of hydrogen-bond acceptors (Lipinski definition) is 0. The van der Waals surface area contributed by atoms with E-state index >= 15 is 0 Å². The van der Waals surface area contributed by atoms with E-state index in [0.717, 1.165) is 0 Å². The molecule has 0 saturated carbocycles. The third-order valence-corrected chi connectivity index (χ3v) is 9.85. The number of rotatable bonds is 35. The summed E-state index contributed by atoms with van der Waals surface area (Å²) < 4.78 is 5.19. The highest BCUT2D eigenvalue weighted by atomic mass is 15.1. The van der Waals surface area contributed by atoms with E-state index in [0.29, 0.717) is 0 Å². The van der Waals surface area contributed by atoms with Crippen molar-refractivity contribution in [3.8, 4) is 0 Å². The molecule has 0 amide bonds. The average Bonchev–Trinajstić information content (AvgIpc) is 3.40. The molecule has 0 saturated heterocycles. The van der Waals surface area contributed by atoms with Gasteiger partial charge < -0.3 is 0 Å². The summed E-state index contributed by atoms with van der Waals surface area (Å²) in [6.07, 6.45) is 52.0. The summed E-state index contributed by atoms with van der Waals surface area (Å²) in [5.41, 5.74) is 0. The third-order valence-electron chi connectivity index (χ3n) is 9.85. The molecular weight excluding hydrogens is 520 g/mol. The van der Waals surface area contributed by atoms with E-state index in [9.17, 15) is 0 Å². The maximum absolute atomic E-state index is 2.61. The minimum absolute atomic E-state index is 1.20. The fourth-order valence-corrected chi connectivity index (χ4v) is 6.83. The lowest BCUT2D eigenvalue weighted by atomic mass is 10.0. The molecule has 254 valence electrons. The van der Waals surface area contributed by atoms with Crippen molar-refractivity contribution in [2.75, 3.05) is 0 Å². The number of imidazole rings is 1. The molecule has 0 bridgehead atoms. The van der Waals surface area contributed by atoms with Crippen LogP contribution < -0.4 is 4.57 Å². The smallest absolute Gasteiger partial charge is 0.234 e. The Labute approximate surface area is 272 Å². The minimum Gasteiger partial charge on any atom is -0.234 e. The molecule has 0 unspecified atom stereocenters. The van der Waals surface area contributed by atoms with E-state index < -0.39 is 0 Å². The van der Waals surface area contributed by atoms with Gasteiger partial charge in [0.2, 0.25) is 0 Å². The first-order valence-corrected chi connectivity index (χ1v) is 20.4. The highest BCUT2D eigenvalue weighted by Crippen LogP contribution is 2.16. The van der Waals surface area contributed by atoms with Crippen LogP contribution in [-0.2, 0) is 19.5 Å². The molecule has 0 spiro atoms. The molecular formula is C41H81N2+. The van der Waals surface area contributed by atoms with Gasteiger partial charge in [-0.25, -0.2) is 9.13 Å². The lowest BCUT2D eigenvalue weighted by molar-refractivity contribution is -0.704. The quantitative estimate of drug-likeness (QED) is 0.0540. The van der Waals surface area contributed by atoms with Gasteiger partial charge in [-0.05, 0) is 25.7 Å². The van der Waals surface area contributed by atoms with E-state index in [1.807, 2.05) is 0 Å². The maximum atomic E-state index is 2.61. The summed E-state index contributed by atoms with van der Waals surface area (Å²) in [6.45, 7) is 9.37. The van der Waals surface area contributed by atoms with Crippen molar-refractivity contribution in [2.45, 2.75) is 246 Å². The standard InChI is InChI=1S/C41H81N2/c1-4-7-10-12-14-16-18-20-21-22-23-25-27-29-31-33-35-38-43-40-39-42(37-9-6-3)41(43)36-34-32-30-28-26-24-19-17-15-13-11-8-5-2/h39-40H,4-38H2,1-3H3/q+1. The third kappa shape index (κ3) is 25.1. The molecule has 43 heavy (non-hydrogen) atoms. The zero-order chi connectivity index (χ0) is 30.9. The van der Waals surface area contributed by atoms with Crippen LogP contribution in [-0.4, -0.2) is 4.57 Å². The molecule has 0 aromatic carbocycles. The van der Waals surface area contributed by atoms with Gasteiger partial charge in [-0.15, -0.1) is 0 Å². The summed E-state index contributed by atoms with van der Waals surface area (Å²) in [4.78, 5) is 0. The Balaban J connectivity index is 2.05. The normalized spacial score (nSPS) is 11.6. The summed E-state index contributed by atoms with van der Waals surface area (Å²) >= 11 is 0. The largest absolute Gasteiger partial charge is 0.256 e. The predicted molar refractivity (Wildman–Crippen MR) is 193 cm³/mol. The van der Waals surface area contributed by atoms with Gasteiger partial charge in [0.25, 0.3) is 5.82 Å². The van der Waals surface area contributed by atoms with E-state index in [4.69, 9.17) is 0 Å². The fraction of sp³-hybridized carbons (Fsp3) is 0.927. The second-order valence-corrected chi connectivity index (χ2v) is 14.1. The highest BCUT2D eigenvalue weighted by molar-refractivity contribution is 4.84. The van der Waals surface area contributed by atoms with Gasteiger partial charge in [0.1, 0.15) is 12.4 Å². The first-order valence-electron chi connectivity index (χ1n) is 20.4. The van der Waals surface area contributed by atoms with Crippen LogP contribution in [0.5, 0.6) is 0 Å². The van der Waals surface area contributed by atoms with Crippen LogP contribution in [0.3, 0.4) is 0 Å². The molecule has 0 N–H and O–H groups in total. The minimum atomic E-state index is 1.20. The molecule has 2 heteroatoms. The van der Waals surface area contributed by atoms with E-state index in [2.05, 4.69) is 42.3 Å². The van der Waals surface area contributed by atoms with Gasteiger partial charge in [0.15, 0.2) is 0 Å². The molecule has 1 aromatic rings. The molecule has 1 rings (SSSR count). The molecule has 1 aromatic heterocycles. The molecule has 0 aliphatic heterocycles. The first kappa shape index (κ1) is 40.2.